The minimum Gasteiger partial charge on any atom is -0.493 e. The molecule has 0 heterocycles. The first-order chi connectivity index (χ1) is 18.1. The molecule has 0 bridgehead atoms. The van der Waals surface area contributed by atoms with Gasteiger partial charge in [0.1, 0.15) is 5.75 Å². The Morgan fingerprint density at radius 3 is 2.34 bits per heavy atom. The van der Waals surface area contributed by atoms with Crippen molar-refractivity contribution in [3.05, 3.63) is 89.5 Å². The molecule has 0 aliphatic carbocycles. The predicted octanol–water partition coefficient (Wildman–Crippen LogP) is 6.57. The minimum absolute atomic E-state index is 0.0647. The molecule has 6 nitrogen and oxygen atoms in total. The summed E-state index contributed by atoms with van der Waals surface area (Å²) in [5.41, 5.74) is 4.09. The maximum Gasteiger partial charge on any atom is 0.231 e. The van der Waals surface area contributed by atoms with E-state index in [9.17, 15) is 9.59 Å². The summed E-state index contributed by atoms with van der Waals surface area (Å²) in [5.74, 6) is 0.657. The molecular weight excluding hydrogens is 494 g/mol. The molecule has 200 valence electrons. The van der Waals surface area contributed by atoms with E-state index in [0.717, 1.165) is 28.9 Å². The summed E-state index contributed by atoms with van der Waals surface area (Å²) in [6.07, 6.45) is 2.45. The second kappa shape index (κ2) is 13.7. The van der Waals surface area contributed by atoms with Crippen LogP contribution < -0.4 is 20.7 Å². The monoisotopic (exact) mass is 531 g/mol. The number of carbonyl (C=O) groups is 2. The largest absolute Gasteiger partial charge is 0.493 e. The number of rotatable bonds is 11. The molecule has 0 unspecified atom stereocenters. The Kier molecular flexibility index (Phi) is 10.4. The van der Waals surface area contributed by atoms with E-state index in [-0.39, 0.29) is 16.9 Å². The number of carbonyl (C=O) groups excluding carboxylic acids is 2. The van der Waals surface area contributed by atoms with Crippen LogP contribution in [0.3, 0.4) is 0 Å². The molecule has 0 radical (unpaired) electrons. The van der Waals surface area contributed by atoms with Crippen molar-refractivity contribution in [3.8, 4) is 5.75 Å². The fourth-order valence-corrected chi connectivity index (χ4v) is 4.12. The quantitative estimate of drug-likeness (QED) is 0.193. The summed E-state index contributed by atoms with van der Waals surface area (Å²) < 4.78 is 5.93. The first kappa shape index (κ1) is 28.9. The Bertz CT molecular complexity index is 1260. The summed E-state index contributed by atoms with van der Waals surface area (Å²) in [6.45, 7) is 8.39. The SMILES string of the molecule is Cc1ccc(C)c(OCCCC(C)(C)C(=O)NC(=S)Nc2cccc(NC(=O)CCc3ccccc3)c2)c1. The molecule has 3 N–H and O–H groups in total. The molecule has 7 heteroatoms. The second-order valence-electron chi connectivity index (χ2n) is 10.1. The van der Waals surface area contributed by atoms with Crippen LogP contribution >= 0.6 is 12.2 Å². The highest BCUT2D eigenvalue weighted by molar-refractivity contribution is 7.80. The lowest BCUT2D eigenvalue weighted by Gasteiger charge is -2.24. The molecule has 3 aromatic carbocycles. The molecular formula is C31H37N3O3S. The van der Waals surface area contributed by atoms with Crippen LogP contribution in [0, 0.1) is 19.3 Å². The number of anilines is 2. The van der Waals surface area contributed by atoms with Crippen LogP contribution in [0.25, 0.3) is 0 Å². The molecule has 3 rings (SSSR count). The molecule has 0 spiro atoms. The Morgan fingerprint density at radius 2 is 1.61 bits per heavy atom. The van der Waals surface area contributed by atoms with Gasteiger partial charge in [-0.1, -0.05) is 62.4 Å². The van der Waals surface area contributed by atoms with Crippen molar-refractivity contribution in [1.82, 2.24) is 5.32 Å². The van der Waals surface area contributed by atoms with Crippen molar-refractivity contribution >= 4 is 40.5 Å². The van der Waals surface area contributed by atoms with Gasteiger partial charge in [-0.2, -0.15) is 0 Å². The minimum atomic E-state index is -0.620. The molecule has 0 saturated carbocycles. The lowest BCUT2D eigenvalue weighted by Crippen LogP contribution is -2.42. The normalized spacial score (nSPS) is 10.9. The Labute approximate surface area is 231 Å². The van der Waals surface area contributed by atoms with Crippen LogP contribution in [0.1, 0.15) is 49.8 Å². The van der Waals surface area contributed by atoms with Crippen LogP contribution in [0.4, 0.5) is 11.4 Å². The topological polar surface area (TPSA) is 79.5 Å². The maximum absolute atomic E-state index is 12.9. The van der Waals surface area contributed by atoms with E-state index >= 15 is 0 Å². The van der Waals surface area contributed by atoms with Crippen LogP contribution in [-0.2, 0) is 16.0 Å². The van der Waals surface area contributed by atoms with Crippen LogP contribution in [-0.4, -0.2) is 23.5 Å². The molecule has 0 fully saturated rings. The summed E-state index contributed by atoms with van der Waals surface area (Å²) in [4.78, 5) is 25.3. The summed E-state index contributed by atoms with van der Waals surface area (Å²) in [5, 5.41) is 8.96. The van der Waals surface area contributed by atoms with Crippen molar-refractivity contribution in [1.29, 1.82) is 0 Å². The van der Waals surface area contributed by atoms with E-state index < -0.39 is 5.41 Å². The molecule has 0 aliphatic heterocycles. The number of benzene rings is 3. The highest BCUT2D eigenvalue weighted by Crippen LogP contribution is 2.24. The Hall–Kier alpha value is -3.71. The molecule has 0 aromatic heterocycles. The Morgan fingerprint density at radius 1 is 0.895 bits per heavy atom. The third-order valence-electron chi connectivity index (χ3n) is 6.28. The lowest BCUT2D eigenvalue weighted by atomic mass is 9.87. The highest BCUT2D eigenvalue weighted by atomic mass is 32.1. The highest BCUT2D eigenvalue weighted by Gasteiger charge is 2.28. The van der Waals surface area contributed by atoms with E-state index in [1.165, 1.54) is 0 Å². The molecule has 0 atom stereocenters. The number of ether oxygens (including phenoxy) is 1. The predicted molar refractivity (Wildman–Crippen MR) is 159 cm³/mol. The number of aryl methyl sites for hydroxylation is 3. The fraction of sp³-hybridized carbons (Fsp3) is 0.323. The number of nitrogens with one attached hydrogen (secondary N) is 3. The number of hydrogen-bond donors (Lipinski definition) is 3. The van der Waals surface area contributed by atoms with Gasteiger partial charge in [0.25, 0.3) is 0 Å². The molecule has 0 saturated heterocycles. The van der Waals surface area contributed by atoms with Gasteiger partial charge >= 0.3 is 0 Å². The first-order valence-corrected chi connectivity index (χ1v) is 13.3. The molecule has 38 heavy (non-hydrogen) atoms. The fourth-order valence-electron chi connectivity index (χ4n) is 3.91. The average molecular weight is 532 g/mol. The van der Waals surface area contributed by atoms with Crippen molar-refractivity contribution in [2.45, 2.75) is 53.4 Å². The Balaban J connectivity index is 1.43. The van der Waals surface area contributed by atoms with Gasteiger partial charge in [-0.15, -0.1) is 0 Å². The van der Waals surface area contributed by atoms with E-state index in [1.54, 1.807) is 6.07 Å². The average Bonchev–Trinajstić information content (AvgIpc) is 2.88. The van der Waals surface area contributed by atoms with Crippen molar-refractivity contribution in [3.63, 3.8) is 0 Å². The van der Waals surface area contributed by atoms with Gasteiger partial charge in [-0.3, -0.25) is 9.59 Å². The zero-order valence-corrected chi connectivity index (χ0v) is 23.4. The van der Waals surface area contributed by atoms with Gasteiger partial charge in [-0.05, 0) is 86.3 Å². The number of hydrogen-bond acceptors (Lipinski definition) is 4. The van der Waals surface area contributed by atoms with E-state index in [0.29, 0.717) is 37.2 Å². The third kappa shape index (κ3) is 9.30. The zero-order valence-electron chi connectivity index (χ0n) is 22.6. The van der Waals surface area contributed by atoms with Crippen molar-refractivity contribution in [2.24, 2.45) is 5.41 Å². The van der Waals surface area contributed by atoms with Gasteiger partial charge in [0.2, 0.25) is 11.8 Å². The molecule has 2 amide bonds. The second-order valence-corrected chi connectivity index (χ2v) is 10.5. The third-order valence-corrected chi connectivity index (χ3v) is 6.48. The molecule has 0 aliphatic rings. The van der Waals surface area contributed by atoms with Crippen LogP contribution in [0.2, 0.25) is 0 Å². The van der Waals surface area contributed by atoms with Gasteiger partial charge < -0.3 is 20.7 Å². The lowest BCUT2D eigenvalue weighted by molar-refractivity contribution is -0.128. The smallest absolute Gasteiger partial charge is 0.231 e. The van der Waals surface area contributed by atoms with E-state index in [4.69, 9.17) is 17.0 Å². The van der Waals surface area contributed by atoms with Gasteiger partial charge in [0.15, 0.2) is 5.11 Å². The zero-order chi connectivity index (χ0) is 27.5. The van der Waals surface area contributed by atoms with Crippen molar-refractivity contribution < 1.29 is 14.3 Å². The van der Waals surface area contributed by atoms with Crippen LogP contribution in [0.5, 0.6) is 5.75 Å². The van der Waals surface area contributed by atoms with Gasteiger partial charge in [-0.25, -0.2) is 0 Å². The van der Waals surface area contributed by atoms with Crippen LogP contribution in [0.15, 0.2) is 72.8 Å². The number of amides is 2. The molecule has 3 aromatic rings. The van der Waals surface area contributed by atoms with E-state index in [2.05, 4.69) is 22.0 Å². The van der Waals surface area contributed by atoms with Gasteiger partial charge in [0, 0.05) is 23.2 Å². The maximum atomic E-state index is 12.9. The summed E-state index contributed by atoms with van der Waals surface area (Å²) in [7, 11) is 0. The summed E-state index contributed by atoms with van der Waals surface area (Å²) >= 11 is 5.38. The number of thiocarbonyl (C=S) groups is 1. The summed E-state index contributed by atoms with van der Waals surface area (Å²) in [6, 6.07) is 23.3. The standard InChI is InChI=1S/C31H37N3O3S/c1-22-14-15-23(2)27(20-22)37-19-9-18-31(3,4)29(36)34-30(38)33-26-13-8-12-25(21-26)32-28(35)17-16-24-10-6-5-7-11-24/h5-8,10-15,20-21H,9,16-19H2,1-4H3,(H,32,35)(H2,33,34,36,38). The van der Waals surface area contributed by atoms with Gasteiger partial charge in [0.05, 0.1) is 6.61 Å². The first-order valence-electron chi connectivity index (χ1n) is 12.9. The van der Waals surface area contributed by atoms with Crippen molar-refractivity contribution in [2.75, 3.05) is 17.2 Å². The van der Waals surface area contributed by atoms with E-state index in [1.807, 2.05) is 88.4 Å².